The third kappa shape index (κ3) is 6.63. The van der Waals surface area contributed by atoms with Crippen molar-refractivity contribution in [2.45, 2.75) is 6.92 Å². The molecule has 0 saturated carbocycles. The molecule has 0 radical (unpaired) electrons. The van der Waals surface area contributed by atoms with Crippen molar-refractivity contribution in [3.05, 3.63) is 101 Å². The molecule has 5 rings (SSSR count). The molecule has 5 aromatic rings. The van der Waals surface area contributed by atoms with Crippen LogP contribution >= 0.6 is 11.6 Å². The normalized spacial score (nSPS) is 10.8. The topological polar surface area (TPSA) is 155 Å². The molecule has 3 aromatic carbocycles. The van der Waals surface area contributed by atoms with E-state index in [4.69, 9.17) is 41.7 Å². The summed E-state index contributed by atoms with van der Waals surface area (Å²) in [5.41, 5.74) is 6.41. The maximum atomic E-state index is 15.9. The van der Waals surface area contributed by atoms with Crippen LogP contribution in [0.5, 0.6) is 40.5 Å². The van der Waals surface area contributed by atoms with E-state index in [1.807, 2.05) is 0 Å². The first kappa shape index (κ1) is 30.8. The maximum Gasteiger partial charge on any atom is 0.338 e. The van der Waals surface area contributed by atoms with Crippen LogP contribution in [0.3, 0.4) is 0 Å². The number of aromatic nitrogens is 3. The third-order valence-corrected chi connectivity index (χ3v) is 6.53. The lowest BCUT2D eigenvalue weighted by molar-refractivity contribution is 0.0526. The number of nitrogens with one attached hydrogen (secondary N) is 1. The first-order chi connectivity index (χ1) is 21.5. The zero-order valence-corrected chi connectivity index (χ0v) is 24.4. The standard InChI is InChI=1S/C31H24ClF2N5O6/c1-3-42-31(41)18-8-10-22(20(32)14-18)44-26-24(33)29(43-19-6-4-5-17(13-19)28-37-11-12-39(28)2)38-30(25(26)34)45-23-15-16(27(35)36)7-9-21(23)40/h4-15,40H,3H2,1-2H3,(H3,35,36). The van der Waals surface area contributed by atoms with Crippen LogP contribution in [0.2, 0.25) is 5.02 Å². The van der Waals surface area contributed by atoms with Crippen molar-refractivity contribution < 1.29 is 37.6 Å². The van der Waals surface area contributed by atoms with E-state index in [9.17, 15) is 9.90 Å². The number of rotatable bonds is 10. The highest BCUT2D eigenvalue weighted by atomic mass is 35.5. The van der Waals surface area contributed by atoms with Crippen LogP contribution in [0, 0.1) is 17.0 Å². The summed E-state index contributed by atoms with van der Waals surface area (Å²) >= 11 is 6.29. The van der Waals surface area contributed by atoms with Gasteiger partial charge in [-0.25, -0.2) is 9.78 Å². The molecule has 45 heavy (non-hydrogen) atoms. The molecule has 0 aliphatic rings. The molecule has 11 nitrogen and oxygen atoms in total. The van der Waals surface area contributed by atoms with E-state index >= 15 is 8.78 Å². The van der Waals surface area contributed by atoms with Gasteiger partial charge >= 0.3 is 5.97 Å². The van der Waals surface area contributed by atoms with Gasteiger partial charge in [0.15, 0.2) is 11.5 Å². The molecule has 14 heteroatoms. The zero-order valence-electron chi connectivity index (χ0n) is 23.7. The summed E-state index contributed by atoms with van der Waals surface area (Å²) in [6, 6.07) is 13.9. The van der Waals surface area contributed by atoms with E-state index < -0.39 is 40.9 Å². The Balaban J connectivity index is 1.58. The highest BCUT2D eigenvalue weighted by Crippen LogP contribution is 2.42. The quantitative estimate of drug-likeness (QED) is 0.0839. The average Bonchev–Trinajstić information content (AvgIpc) is 3.45. The van der Waals surface area contributed by atoms with Crippen molar-refractivity contribution in [2.24, 2.45) is 12.8 Å². The Morgan fingerprint density at radius 1 is 1.00 bits per heavy atom. The zero-order chi connectivity index (χ0) is 32.2. The van der Waals surface area contributed by atoms with Gasteiger partial charge in [0.1, 0.15) is 23.2 Å². The van der Waals surface area contributed by atoms with Gasteiger partial charge in [0, 0.05) is 30.6 Å². The predicted molar refractivity (Wildman–Crippen MR) is 160 cm³/mol. The largest absolute Gasteiger partial charge is 0.504 e. The highest BCUT2D eigenvalue weighted by molar-refractivity contribution is 6.32. The second-order valence-corrected chi connectivity index (χ2v) is 9.74. The number of phenolic OH excluding ortho intramolecular Hbond substituents is 1. The molecule has 0 saturated heterocycles. The molecule has 0 atom stereocenters. The number of aryl methyl sites for hydroxylation is 1. The molecule has 0 aliphatic heterocycles. The summed E-state index contributed by atoms with van der Waals surface area (Å²) in [6.45, 7) is 1.76. The lowest BCUT2D eigenvalue weighted by atomic mass is 10.2. The molecular formula is C31H24ClF2N5O6. The number of nitrogen functional groups attached to an aromatic ring is 1. The second kappa shape index (κ2) is 12.9. The minimum Gasteiger partial charge on any atom is -0.504 e. The number of amidine groups is 1. The lowest BCUT2D eigenvalue weighted by Gasteiger charge is -2.16. The molecule has 0 unspecified atom stereocenters. The fourth-order valence-electron chi connectivity index (χ4n) is 4.06. The van der Waals surface area contributed by atoms with Gasteiger partial charge in [0.2, 0.25) is 17.4 Å². The minimum absolute atomic E-state index is 0.0892. The number of carbonyl (C=O) groups excluding carboxylic acids is 1. The van der Waals surface area contributed by atoms with Crippen molar-refractivity contribution >= 4 is 23.4 Å². The number of benzene rings is 3. The lowest BCUT2D eigenvalue weighted by Crippen LogP contribution is -2.11. The van der Waals surface area contributed by atoms with Gasteiger partial charge in [-0.05, 0) is 55.5 Å². The maximum absolute atomic E-state index is 15.9. The van der Waals surface area contributed by atoms with E-state index in [2.05, 4.69) is 9.97 Å². The van der Waals surface area contributed by atoms with Gasteiger partial charge in [-0.1, -0.05) is 23.7 Å². The summed E-state index contributed by atoms with van der Waals surface area (Å²) in [5, 5.41) is 17.8. The molecule has 2 aromatic heterocycles. The van der Waals surface area contributed by atoms with Crippen LogP contribution in [-0.2, 0) is 11.8 Å². The molecule has 4 N–H and O–H groups in total. The van der Waals surface area contributed by atoms with Crippen molar-refractivity contribution in [1.29, 1.82) is 5.41 Å². The summed E-state index contributed by atoms with van der Waals surface area (Å²) in [4.78, 5) is 20.3. The number of imidazole rings is 1. The van der Waals surface area contributed by atoms with Crippen LogP contribution in [0.15, 0.2) is 73.1 Å². The van der Waals surface area contributed by atoms with E-state index in [1.54, 1.807) is 49.1 Å². The number of phenols is 1. The third-order valence-electron chi connectivity index (χ3n) is 6.24. The van der Waals surface area contributed by atoms with Crippen molar-refractivity contribution in [2.75, 3.05) is 6.61 Å². The smallest absolute Gasteiger partial charge is 0.338 e. The Kier molecular flexibility index (Phi) is 8.81. The fourth-order valence-corrected chi connectivity index (χ4v) is 4.28. The fraction of sp³-hybridized carbons (Fsp3) is 0.0968. The number of ether oxygens (including phenoxy) is 4. The predicted octanol–water partition coefficient (Wildman–Crippen LogP) is 6.96. The molecule has 2 heterocycles. The number of nitrogens with zero attached hydrogens (tertiary/aromatic N) is 3. The second-order valence-electron chi connectivity index (χ2n) is 9.34. The first-order valence-electron chi connectivity index (χ1n) is 13.2. The van der Waals surface area contributed by atoms with E-state index in [1.165, 1.54) is 42.5 Å². The number of nitrogens with two attached hydrogens (primary N) is 1. The van der Waals surface area contributed by atoms with Gasteiger partial charge in [-0.3, -0.25) is 5.41 Å². The molecule has 0 fully saturated rings. The highest BCUT2D eigenvalue weighted by Gasteiger charge is 2.27. The number of carbonyl (C=O) groups is 1. The molecule has 230 valence electrons. The van der Waals surface area contributed by atoms with Crippen LogP contribution < -0.4 is 19.9 Å². The first-order valence-corrected chi connectivity index (χ1v) is 13.6. The van der Waals surface area contributed by atoms with E-state index in [0.717, 1.165) is 0 Å². The molecule has 0 spiro atoms. The van der Waals surface area contributed by atoms with Crippen LogP contribution in [0.25, 0.3) is 11.4 Å². The molecule has 0 bridgehead atoms. The molecule has 0 aliphatic carbocycles. The van der Waals surface area contributed by atoms with Gasteiger partial charge in [-0.2, -0.15) is 13.8 Å². The van der Waals surface area contributed by atoms with Crippen LogP contribution in [0.4, 0.5) is 8.78 Å². The Morgan fingerprint density at radius 2 is 1.73 bits per heavy atom. The van der Waals surface area contributed by atoms with Crippen LogP contribution in [0.1, 0.15) is 22.8 Å². The summed E-state index contributed by atoms with van der Waals surface area (Å²) in [7, 11) is 1.80. The molecular weight excluding hydrogens is 612 g/mol. The van der Waals surface area contributed by atoms with Crippen molar-refractivity contribution in [3.8, 4) is 51.9 Å². The van der Waals surface area contributed by atoms with Crippen molar-refractivity contribution in [1.82, 2.24) is 14.5 Å². The number of hydrogen-bond acceptors (Lipinski definition) is 9. The number of aromatic hydroxyl groups is 1. The van der Waals surface area contributed by atoms with E-state index in [0.29, 0.717) is 11.4 Å². The summed E-state index contributed by atoms with van der Waals surface area (Å²) in [5.74, 6) is -6.68. The molecule has 0 amide bonds. The van der Waals surface area contributed by atoms with Gasteiger partial charge in [-0.15, -0.1) is 0 Å². The summed E-state index contributed by atoms with van der Waals surface area (Å²) in [6.07, 6.45) is 3.36. The minimum atomic E-state index is -1.42. The SMILES string of the molecule is CCOC(=O)c1ccc(Oc2c(F)c(Oc3cccc(-c4nccn4C)c3)nc(Oc3cc(C(=N)N)ccc3O)c2F)c(Cl)c1. The Bertz CT molecular complexity index is 1930. The Morgan fingerprint density at radius 3 is 2.40 bits per heavy atom. The van der Waals surface area contributed by atoms with Gasteiger partial charge in [0.25, 0.3) is 11.8 Å². The van der Waals surface area contributed by atoms with Gasteiger partial charge < -0.3 is 34.4 Å². The number of pyridine rings is 1. The number of halogens is 3. The Labute approximate surface area is 259 Å². The number of esters is 1. The van der Waals surface area contributed by atoms with Gasteiger partial charge in [0.05, 0.1) is 17.2 Å². The number of hydrogen-bond donors (Lipinski definition) is 3. The average molecular weight is 636 g/mol. The summed E-state index contributed by atoms with van der Waals surface area (Å²) < 4.78 is 55.3. The monoisotopic (exact) mass is 635 g/mol. The Hall–Kier alpha value is -5.69. The van der Waals surface area contributed by atoms with Crippen LogP contribution in [-0.4, -0.2) is 38.1 Å². The van der Waals surface area contributed by atoms with Crippen molar-refractivity contribution in [3.63, 3.8) is 0 Å². The van der Waals surface area contributed by atoms with E-state index in [-0.39, 0.29) is 45.8 Å².